The Kier molecular flexibility index (Phi) is 4.71. The second kappa shape index (κ2) is 6.83. The number of carbonyl (C=O) groups excluding carboxylic acids is 2. The summed E-state index contributed by atoms with van der Waals surface area (Å²) in [6, 6.07) is 0. The molecular formula is C17H22ClN3O3S. The normalized spacial score (nSPS) is 32.6. The Morgan fingerprint density at radius 3 is 2.40 bits per heavy atom. The van der Waals surface area contributed by atoms with E-state index in [1.54, 1.807) is 0 Å². The quantitative estimate of drug-likeness (QED) is 0.764. The van der Waals surface area contributed by atoms with Gasteiger partial charge in [-0.15, -0.1) is 5.10 Å². The van der Waals surface area contributed by atoms with Gasteiger partial charge in [-0.1, -0.05) is 16.1 Å². The van der Waals surface area contributed by atoms with E-state index in [1.807, 2.05) is 0 Å². The monoisotopic (exact) mass is 383 g/mol. The van der Waals surface area contributed by atoms with Crippen LogP contribution in [0.25, 0.3) is 0 Å². The zero-order valence-corrected chi connectivity index (χ0v) is 15.6. The van der Waals surface area contributed by atoms with Crippen LogP contribution in [0.3, 0.4) is 0 Å². The predicted molar refractivity (Wildman–Crippen MR) is 92.9 cm³/mol. The molecule has 0 aliphatic heterocycles. The summed E-state index contributed by atoms with van der Waals surface area (Å²) in [6.45, 7) is -0.126. The van der Waals surface area contributed by atoms with Crippen molar-refractivity contribution in [2.75, 3.05) is 6.54 Å². The predicted octanol–water partition coefficient (Wildman–Crippen LogP) is 2.96. The van der Waals surface area contributed by atoms with E-state index in [0.717, 1.165) is 29.3 Å². The van der Waals surface area contributed by atoms with E-state index in [1.165, 1.54) is 38.5 Å². The van der Waals surface area contributed by atoms with Gasteiger partial charge in [-0.2, -0.15) is 0 Å². The number of carbonyl (C=O) groups is 2. The minimum absolute atomic E-state index is 0.0149. The van der Waals surface area contributed by atoms with Gasteiger partial charge in [0.1, 0.15) is 23.2 Å². The molecule has 4 aliphatic rings. The fraction of sp³-hybridized carbons (Fsp3) is 0.765. The third-order valence-electron chi connectivity index (χ3n) is 6.01. The van der Waals surface area contributed by atoms with Crippen molar-refractivity contribution in [3.63, 3.8) is 0 Å². The summed E-state index contributed by atoms with van der Waals surface area (Å²) in [5.41, 5.74) is 0.627. The minimum atomic E-state index is -0.483. The molecular weight excluding hydrogens is 362 g/mol. The van der Waals surface area contributed by atoms with Crippen LogP contribution in [0, 0.1) is 23.2 Å². The highest BCUT2D eigenvalue weighted by Crippen LogP contribution is 2.61. The lowest BCUT2D eigenvalue weighted by molar-refractivity contribution is -0.146. The summed E-state index contributed by atoms with van der Waals surface area (Å²) < 4.78 is 9.17. The van der Waals surface area contributed by atoms with E-state index in [2.05, 4.69) is 14.9 Å². The molecule has 0 atom stereocenters. The first-order chi connectivity index (χ1) is 12.0. The number of hydrogen-bond acceptors (Lipinski definition) is 6. The van der Waals surface area contributed by atoms with Gasteiger partial charge < -0.3 is 10.1 Å². The summed E-state index contributed by atoms with van der Waals surface area (Å²) in [5.74, 6) is 1.94. The Morgan fingerprint density at radius 1 is 1.20 bits per heavy atom. The lowest BCUT2D eigenvalue weighted by atomic mass is 9.49. The molecule has 1 amide bonds. The van der Waals surface area contributed by atoms with Crippen LogP contribution in [0.1, 0.15) is 50.6 Å². The molecule has 4 bridgehead atoms. The van der Waals surface area contributed by atoms with Crippen molar-refractivity contribution in [2.45, 2.75) is 51.6 Å². The number of nitrogens with one attached hydrogen (secondary N) is 1. The van der Waals surface area contributed by atoms with E-state index >= 15 is 0 Å². The van der Waals surface area contributed by atoms with Crippen molar-refractivity contribution in [3.05, 3.63) is 10.0 Å². The Bertz CT molecular complexity index is 643. The number of nitrogens with zero attached hydrogens (tertiary/aromatic N) is 2. The van der Waals surface area contributed by atoms with Crippen LogP contribution in [0.4, 0.5) is 0 Å². The standard InChI is InChI=1S/C17H22ClN3O3S/c18-16-13(20-21-25-16)9-24-15(23)8-19-14(22)7-17-4-10-1-11(5-17)3-12(2-10)6-17/h10-12H,1-9H2,(H,19,22). The van der Waals surface area contributed by atoms with Crippen LogP contribution in [0.2, 0.25) is 4.34 Å². The highest BCUT2D eigenvalue weighted by Gasteiger charge is 2.51. The Balaban J connectivity index is 1.23. The molecule has 4 aliphatic carbocycles. The lowest BCUT2D eigenvalue weighted by Crippen LogP contribution is -2.48. The van der Waals surface area contributed by atoms with Gasteiger partial charge in [0, 0.05) is 18.0 Å². The first-order valence-electron chi connectivity index (χ1n) is 8.90. The van der Waals surface area contributed by atoms with Gasteiger partial charge in [0.2, 0.25) is 5.91 Å². The second-order valence-electron chi connectivity index (χ2n) is 8.03. The van der Waals surface area contributed by atoms with Crippen molar-refractivity contribution >= 4 is 35.0 Å². The first kappa shape index (κ1) is 17.2. The maximum Gasteiger partial charge on any atom is 0.325 e. The number of hydrogen-bond donors (Lipinski definition) is 1. The number of halogens is 1. The molecule has 0 radical (unpaired) electrons. The fourth-order valence-corrected chi connectivity index (χ4v) is 6.16. The zero-order valence-electron chi connectivity index (χ0n) is 14.0. The molecule has 136 valence electrons. The number of ether oxygens (including phenoxy) is 1. The average Bonchev–Trinajstić information content (AvgIpc) is 2.94. The average molecular weight is 384 g/mol. The molecule has 4 saturated carbocycles. The van der Waals surface area contributed by atoms with E-state index in [4.69, 9.17) is 16.3 Å². The van der Waals surface area contributed by atoms with Crippen molar-refractivity contribution in [1.29, 1.82) is 0 Å². The topological polar surface area (TPSA) is 81.2 Å². The summed E-state index contributed by atoms with van der Waals surface area (Å²) in [6.07, 6.45) is 8.19. The number of aromatic nitrogens is 2. The van der Waals surface area contributed by atoms with Crippen molar-refractivity contribution in [3.8, 4) is 0 Å². The van der Waals surface area contributed by atoms with Crippen molar-refractivity contribution in [2.24, 2.45) is 23.2 Å². The molecule has 1 aromatic rings. The highest BCUT2D eigenvalue weighted by atomic mass is 35.5. The van der Waals surface area contributed by atoms with E-state index < -0.39 is 5.97 Å². The van der Waals surface area contributed by atoms with Gasteiger partial charge in [0.25, 0.3) is 0 Å². The maximum atomic E-state index is 12.4. The molecule has 6 nitrogen and oxygen atoms in total. The smallest absolute Gasteiger partial charge is 0.325 e. The number of amides is 1. The van der Waals surface area contributed by atoms with Gasteiger partial charge in [0.05, 0.1) is 0 Å². The highest BCUT2D eigenvalue weighted by molar-refractivity contribution is 7.10. The van der Waals surface area contributed by atoms with Gasteiger partial charge >= 0.3 is 5.97 Å². The summed E-state index contributed by atoms with van der Waals surface area (Å²) in [4.78, 5) is 24.2. The molecule has 0 spiro atoms. The maximum absolute atomic E-state index is 12.4. The minimum Gasteiger partial charge on any atom is -0.458 e. The zero-order chi connectivity index (χ0) is 17.4. The Hall–Kier alpha value is -1.21. The molecule has 1 N–H and O–H groups in total. The van der Waals surface area contributed by atoms with E-state index in [9.17, 15) is 9.59 Å². The molecule has 0 unspecified atom stereocenters. The van der Waals surface area contributed by atoms with Crippen LogP contribution < -0.4 is 5.32 Å². The van der Waals surface area contributed by atoms with Crippen LogP contribution in [0.15, 0.2) is 0 Å². The summed E-state index contributed by atoms with van der Waals surface area (Å²) in [7, 11) is 0. The van der Waals surface area contributed by atoms with Crippen LogP contribution >= 0.6 is 23.1 Å². The van der Waals surface area contributed by atoms with Gasteiger partial charge in [-0.3, -0.25) is 9.59 Å². The number of rotatable bonds is 6. The molecule has 25 heavy (non-hydrogen) atoms. The summed E-state index contributed by atoms with van der Waals surface area (Å²) >= 11 is 6.90. The van der Waals surface area contributed by atoms with Crippen molar-refractivity contribution in [1.82, 2.24) is 14.9 Å². The van der Waals surface area contributed by atoms with E-state index in [0.29, 0.717) is 16.5 Å². The second-order valence-corrected chi connectivity index (χ2v) is 9.38. The van der Waals surface area contributed by atoms with Gasteiger partial charge in [-0.05, 0) is 61.7 Å². The molecule has 4 fully saturated rings. The molecule has 0 saturated heterocycles. The SMILES string of the molecule is O=C(CC12CC3CC(CC(C3)C1)C2)NCC(=O)OCc1nnsc1Cl. The van der Waals surface area contributed by atoms with Crippen molar-refractivity contribution < 1.29 is 14.3 Å². The Labute approximate surface area is 155 Å². The molecule has 1 aromatic heterocycles. The molecule has 5 rings (SSSR count). The van der Waals surface area contributed by atoms with Crippen LogP contribution in [-0.2, 0) is 20.9 Å². The number of esters is 1. The largest absolute Gasteiger partial charge is 0.458 e. The fourth-order valence-electron chi connectivity index (χ4n) is 5.56. The summed E-state index contributed by atoms with van der Waals surface area (Å²) in [5, 5.41) is 6.50. The van der Waals surface area contributed by atoms with Crippen LogP contribution in [-0.4, -0.2) is 28.0 Å². The first-order valence-corrected chi connectivity index (χ1v) is 10.1. The third kappa shape index (κ3) is 3.82. The molecule has 8 heteroatoms. The van der Waals surface area contributed by atoms with Crippen LogP contribution in [0.5, 0.6) is 0 Å². The lowest BCUT2D eigenvalue weighted by Gasteiger charge is -2.56. The van der Waals surface area contributed by atoms with Gasteiger partial charge in [0.15, 0.2) is 0 Å². The third-order valence-corrected chi connectivity index (χ3v) is 6.99. The Morgan fingerprint density at radius 2 is 1.84 bits per heavy atom. The molecule has 1 heterocycles. The molecule has 0 aromatic carbocycles. The van der Waals surface area contributed by atoms with Gasteiger partial charge in [-0.25, -0.2) is 0 Å². The van der Waals surface area contributed by atoms with E-state index in [-0.39, 0.29) is 24.5 Å².